The Balaban J connectivity index is 1.76. The van der Waals surface area contributed by atoms with Crippen LogP contribution in [0, 0.1) is 11.8 Å². The molecular weight excluding hydrogens is 451 g/mol. The van der Waals surface area contributed by atoms with Crippen LogP contribution < -0.4 is 0 Å². The first-order valence-electron chi connectivity index (χ1n) is 10.6. The van der Waals surface area contributed by atoms with Crippen molar-refractivity contribution in [3.8, 4) is 0 Å². The van der Waals surface area contributed by atoms with Crippen molar-refractivity contribution in [1.82, 2.24) is 10.0 Å². The van der Waals surface area contributed by atoms with Crippen LogP contribution in [0.2, 0.25) is 10.0 Å². The molecule has 0 bridgehead atoms. The van der Waals surface area contributed by atoms with Gasteiger partial charge in [0.25, 0.3) is 17.7 Å². The van der Waals surface area contributed by atoms with E-state index in [0.29, 0.717) is 18.4 Å². The SMILES string of the molecule is C[C@H](C(=O)c1ccccc1)N(C(=O)c1ccc(Cl)c(Cl)c1)N1C(=O)[C@H]2CCCC[C@@H]2C1=O. The van der Waals surface area contributed by atoms with E-state index in [1.165, 1.54) is 25.1 Å². The molecule has 1 aliphatic heterocycles. The van der Waals surface area contributed by atoms with Gasteiger partial charge < -0.3 is 0 Å². The summed E-state index contributed by atoms with van der Waals surface area (Å²) in [4.78, 5) is 53.4. The highest BCUT2D eigenvalue weighted by Crippen LogP contribution is 2.39. The molecule has 0 radical (unpaired) electrons. The van der Waals surface area contributed by atoms with E-state index >= 15 is 0 Å². The summed E-state index contributed by atoms with van der Waals surface area (Å²) in [6, 6.07) is 11.7. The number of nitrogens with zero attached hydrogens (tertiary/aromatic N) is 2. The fraction of sp³-hybridized carbons (Fsp3) is 0.333. The summed E-state index contributed by atoms with van der Waals surface area (Å²) in [5.41, 5.74) is 0.506. The summed E-state index contributed by atoms with van der Waals surface area (Å²) in [6.07, 6.45) is 2.91. The predicted octanol–water partition coefficient (Wildman–Crippen LogP) is 4.80. The number of hydrogen-bond acceptors (Lipinski definition) is 4. The van der Waals surface area contributed by atoms with Gasteiger partial charge in [0, 0.05) is 11.1 Å². The quantitative estimate of drug-likeness (QED) is 0.462. The van der Waals surface area contributed by atoms with Crippen LogP contribution in [0.25, 0.3) is 0 Å². The molecular formula is C24H22Cl2N2O4. The summed E-state index contributed by atoms with van der Waals surface area (Å²) in [7, 11) is 0. The van der Waals surface area contributed by atoms with Gasteiger partial charge in [-0.2, -0.15) is 5.01 Å². The molecule has 32 heavy (non-hydrogen) atoms. The molecule has 0 spiro atoms. The van der Waals surface area contributed by atoms with Crippen molar-refractivity contribution >= 4 is 46.7 Å². The largest absolute Gasteiger partial charge is 0.292 e. The summed E-state index contributed by atoms with van der Waals surface area (Å²) < 4.78 is 0. The van der Waals surface area contributed by atoms with Gasteiger partial charge >= 0.3 is 0 Å². The van der Waals surface area contributed by atoms with Crippen LogP contribution in [0.3, 0.4) is 0 Å². The first kappa shape index (κ1) is 22.5. The third kappa shape index (κ3) is 3.93. The topological polar surface area (TPSA) is 74.8 Å². The van der Waals surface area contributed by atoms with Gasteiger partial charge in [0.15, 0.2) is 5.78 Å². The van der Waals surface area contributed by atoms with E-state index in [-0.39, 0.29) is 21.4 Å². The predicted molar refractivity (Wildman–Crippen MR) is 120 cm³/mol. The molecule has 2 aromatic carbocycles. The number of hydrogen-bond donors (Lipinski definition) is 0. The Morgan fingerprint density at radius 1 is 0.906 bits per heavy atom. The zero-order valence-electron chi connectivity index (χ0n) is 17.5. The lowest BCUT2D eigenvalue weighted by Crippen LogP contribution is -2.56. The number of carbonyl (C=O) groups is 4. The molecule has 1 heterocycles. The molecule has 166 valence electrons. The van der Waals surface area contributed by atoms with Gasteiger partial charge in [-0.05, 0) is 38.0 Å². The van der Waals surface area contributed by atoms with Gasteiger partial charge in [-0.1, -0.05) is 66.4 Å². The Hall–Kier alpha value is -2.70. The molecule has 1 saturated carbocycles. The number of carbonyl (C=O) groups excluding carboxylic acids is 4. The van der Waals surface area contributed by atoms with E-state index in [4.69, 9.17) is 23.2 Å². The minimum Gasteiger partial charge on any atom is -0.292 e. The third-order valence-electron chi connectivity index (χ3n) is 6.21. The Bertz CT molecular complexity index is 1060. The molecule has 2 aromatic rings. The van der Waals surface area contributed by atoms with Crippen LogP contribution in [0.1, 0.15) is 53.3 Å². The van der Waals surface area contributed by atoms with Crippen molar-refractivity contribution in [2.45, 2.75) is 38.6 Å². The lowest BCUT2D eigenvalue weighted by Gasteiger charge is -2.34. The zero-order valence-corrected chi connectivity index (χ0v) is 19.0. The number of amides is 3. The maximum Gasteiger partial charge on any atom is 0.273 e. The monoisotopic (exact) mass is 472 g/mol. The van der Waals surface area contributed by atoms with Crippen LogP contribution in [0.5, 0.6) is 0 Å². The number of fused-ring (bicyclic) bond motifs is 1. The van der Waals surface area contributed by atoms with Crippen molar-refractivity contribution in [2.24, 2.45) is 11.8 Å². The fourth-order valence-electron chi connectivity index (χ4n) is 4.51. The summed E-state index contributed by atoms with van der Waals surface area (Å²) in [5, 5.41) is 2.32. The molecule has 1 aliphatic carbocycles. The first-order valence-corrected chi connectivity index (χ1v) is 11.3. The van der Waals surface area contributed by atoms with Gasteiger partial charge in [0.2, 0.25) is 0 Å². The lowest BCUT2D eigenvalue weighted by molar-refractivity contribution is -0.156. The van der Waals surface area contributed by atoms with Gasteiger partial charge in [0.05, 0.1) is 21.9 Å². The number of Topliss-reactive ketones (excluding diaryl/α,β-unsaturated/α-hetero) is 1. The highest BCUT2D eigenvalue weighted by molar-refractivity contribution is 6.42. The Morgan fingerprint density at radius 2 is 1.50 bits per heavy atom. The molecule has 0 aromatic heterocycles. The Labute approximate surface area is 196 Å². The van der Waals surface area contributed by atoms with Crippen molar-refractivity contribution in [2.75, 3.05) is 0 Å². The van der Waals surface area contributed by atoms with Gasteiger partial charge in [-0.15, -0.1) is 0 Å². The lowest BCUT2D eigenvalue weighted by atomic mass is 9.81. The zero-order chi connectivity index (χ0) is 23.0. The second kappa shape index (κ2) is 9.04. The maximum atomic E-state index is 13.6. The third-order valence-corrected chi connectivity index (χ3v) is 6.95. The molecule has 2 fully saturated rings. The Kier molecular flexibility index (Phi) is 6.35. The smallest absolute Gasteiger partial charge is 0.273 e. The van der Waals surface area contributed by atoms with E-state index in [2.05, 4.69) is 0 Å². The average molecular weight is 473 g/mol. The maximum absolute atomic E-state index is 13.6. The first-order chi connectivity index (χ1) is 15.3. The van der Waals surface area contributed by atoms with Crippen molar-refractivity contribution in [1.29, 1.82) is 0 Å². The molecule has 3 amide bonds. The van der Waals surface area contributed by atoms with Crippen molar-refractivity contribution in [3.05, 3.63) is 69.7 Å². The number of imide groups is 1. The van der Waals surface area contributed by atoms with Crippen LogP contribution in [0.15, 0.2) is 48.5 Å². The molecule has 0 unspecified atom stereocenters. The van der Waals surface area contributed by atoms with Crippen LogP contribution in [-0.2, 0) is 9.59 Å². The summed E-state index contributed by atoms with van der Waals surface area (Å²) in [6.45, 7) is 1.52. The molecule has 4 rings (SSSR count). The second-order valence-electron chi connectivity index (χ2n) is 8.17. The van der Waals surface area contributed by atoms with E-state index in [9.17, 15) is 19.2 Å². The molecule has 3 atom stereocenters. The van der Waals surface area contributed by atoms with Crippen LogP contribution in [0.4, 0.5) is 0 Å². The van der Waals surface area contributed by atoms with E-state index < -0.39 is 35.6 Å². The molecule has 1 saturated heterocycles. The number of halogens is 2. The number of rotatable bonds is 5. The molecule has 0 N–H and O–H groups in total. The second-order valence-corrected chi connectivity index (χ2v) is 8.98. The van der Waals surface area contributed by atoms with E-state index in [1.807, 2.05) is 0 Å². The Morgan fingerprint density at radius 3 is 2.06 bits per heavy atom. The minimum atomic E-state index is -1.09. The minimum absolute atomic E-state index is 0.127. The average Bonchev–Trinajstić information content (AvgIpc) is 3.06. The summed E-state index contributed by atoms with van der Waals surface area (Å²) in [5.74, 6) is -2.82. The van der Waals surface area contributed by atoms with E-state index in [1.54, 1.807) is 30.3 Å². The molecule has 8 heteroatoms. The van der Waals surface area contributed by atoms with Crippen LogP contribution in [-0.4, -0.2) is 39.6 Å². The number of benzene rings is 2. The van der Waals surface area contributed by atoms with Gasteiger partial charge in [0.1, 0.15) is 6.04 Å². The highest BCUT2D eigenvalue weighted by Gasteiger charge is 2.53. The van der Waals surface area contributed by atoms with Gasteiger partial charge in [-0.3, -0.25) is 19.2 Å². The molecule has 2 aliphatic rings. The number of ketones is 1. The standard InChI is InChI=1S/C24H22Cl2N2O4/c1-14(21(29)15-7-3-2-4-8-15)27(22(30)16-11-12-19(25)20(26)13-16)28-23(31)17-9-5-6-10-18(17)24(28)32/h2-4,7-8,11-14,17-18H,5-6,9-10H2,1H3/t14-,17+,18+/m1/s1. The van der Waals surface area contributed by atoms with Crippen molar-refractivity contribution < 1.29 is 19.2 Å². The van der Waals surface area contributed by atoms with E-state index in [0.717, 1.165) is 22.9 Å². The van der Waals surface area contributed by atoms with Crippen molar-refractivity contribution in [3.63, 3.8) is 0 Å². The summed E-state index contributed by atoms with van der Waals surface area (Å²) >= 11 is 12.1. The van der Waals surface area contributed by atoms with Gasteiger partial charge in [-0.25, -0.2) is 5.01 Å². The fourth-order valence-corrected chi connectivity index (χ4v) is 4.81. The number of hydrazine groups is 1. The normalized spacial score (nSPS) is 21.3. The van der Waals surface area contributed by atoms with Crippen LogP contribution >= 0.6 is 23.2 Å². The highest BCUT2D eigenvalue weighted by atomic mass is 35.5. The molecule has 6 nitrogen and oxygen atoms in total.